The van der Waals surface area contributed by atoms with Gasteiger partial charge < -0.3 is 4.74 Å². The maximum absolute atomic E-state index is 11.1. The molecule has 2 aromatic rings. The van der Waals surface area contributed by atoms with Gasteiger partial charge in [-0.2, -0.15) is 5.10 Å². The highest BCUT2D eigenvalue weighted by Crippen LogP contribution is 2.32. The van der Waals surface area contributed by atoms with Gasteiger partial charge in [-0.3, -0.25) is 4.79 Å². The van der Waals surface area contributed by atoms with E-state index in [1.54, 1.807) is 18.9 Å². The van der Waals surface area contributed by atoms with Gasteiger partial charge in [-0.1, -0.05) is 12.1 Å². The van der Waals surface area contributed by atoms with Gasteiger partial charge in [-0.25, -0.2) is 5.10 Å². The topological polar surface area (TPSA) is 55.0 Å². The molecule has 0 aliphatic carbocycles. The van der Waals surface area contributed by atoms with Gasteiger partial charge in [0.05, 0.1) is 12.8 Å². The first-order chi connectivity index (χ1) is 9.65. The molecule has 5 heteroatoms. The van der Waals surface area contributed by atoms with Gasteiger partial charge in [-0.15, -0.1) is 11.8 Å². The molecule has 20 heavy (non-hydrogen) atoms. The second-order valence-electron chi connectivity index (χ2n) is 4.22. The second-order valence-corrected chi connectivity index (χ2v) is 5.06. The van der Waals surface area contributed by atoms with Crippen LogP contribution in [0.3, 0.4) is 0 Å². The van der Waals surface area contributed by atoms with Crippen molar-refractivity contribution >= 4 is 23.9 Å². The molecular formula is C15H16N2O2S. The first-order valence-electron chi connectivity index (χ1n) is 6.11. The van der Waals surface area contributed by atoms with Crippen molar-refractivity contribution in [2.75, 3.05) is 13.4 Å². The van der Waals surface area contributed by atoms with Crippen molar-refractivity contribution in [2.24, 2.45) is 0 Å². The quantitative estimate of drug-likeness (QED) is 0.879. The van der Waals surface area contributed by atoms with E-state index in [0.29, 0.717) is 0 Å². The van der Waals surface area contributed by atoms with Crippen LogP contribution in [0.15, 0.2) is 34.0 Å². The number of para-hydroxylation sites is 1. The average Bonchev–Trinajstić information content (AvgIpc) is 2.45. The summed E-state index contributed by atoms with van der Waals surface area (Å²) in [5, 5.41) is 6.46. The lowest BCUT2D eigenvalue weighted by molar-refractivity contribution is 0.404. The lowest BCUT2D eigenvalue weighted by Crippen LogP contribution is -2.08. The van der Waals surface area contributed by atoms with E-state index in [1.165, 1.54) is 6.07 Å². The number of thioether (sulfide) groups is 1. The third kappa shape index (κ3) is 3.11. The zero-order valence-electron chi connectivity index (χ0n) is 11.6. The smallest absolute Gasteiger partial charge is 0.264 e. The molecule has 104 valence electrons. The normalized spacial score (nSPS) is 10.9. The summed E-state index contributed by atoms with van der Waals surface area (Å²) in [5.41, 5.74) is 2.36. The van der Waals surface area contributed by atoms with E-state index in [2.05, 4.69) is 10.2 Å². The van der Waals surface area contributed by atoms with E-state index in [1.807, 2.05) is 43.5 Å². The first kappa shape index (κ1) is 14.4. The lowest BCUT2D eigenvalue weighted by Gasteiger charge is -2.09. The Balaban J connectivity index is 2.38. The number of aryl methyl sites for hydroxylation is 1. The van der Waals surface area contributed by atoms with Crippen LogP contribution < -0.4 is 10.3 Å². The molecule has 1 N–H and O–H groups in total. The third-order valence-corrected chi connectivity index (χ3v) is 3.65. The maximum atomic E-state index is 11.1. The number of aromatic amines is 1. The molecule has 1 aromatic heterocycles. The highest BCUT2D eigenvalue weighted by Gasteiger charge is 2.06. The summed E-state index contributed by atoms with van der Waals surface area (Å²) in [6.45, 7) is 1.86. The number of rotatable bonds is 4. The maximum Gasteiger partial charge on any atom is 0.264 e. The van der Waals surface area contributed by atoms with Crippen LogP contribution in [0.5, 0.6) is 5.75 Å². The molecule has 0 fully saturated rings. The number of benzene rings is 1. The summed E-state index contributed by atoms with van der Waals surface area (Å²) in [7, 11) is 1.66. The van der Waals surface area contributed by atoms with E-state index < -0.39 is 0 Å². The van der Waals surface area contributed by atoms with Crippen molar-refractivity contribution in [1.29, 1.82) is 0 Å². The van der Waals surface area contributed by atoms with Crippen LogP contribution in [-0.4, -0.2) is 23.6 Å². The van der Waals surface area contributed by atoms with Gasteiger partial charge in [0.1, 0.15) is 5.75 Å². The minimum Gasteiger partial charge on any atom is -0.495 e. The van der Waals surface area contributed by atoms with Crippen LogP contribution in [-0.2, 0) is 0 Å². The number of H-pyrrole nitrogens is 1. The van der Waals surface area contributed by atoms with Crippen molar-refractivity contribution in [2.45, 2.75) is 11.8 Å². The summed E-state index contributed by atoms with van der Waals surface area (Å²) >= 11 is 1.64. The van der Waals surface area contributed by atoms with Crippen LogP contribution in [0.25, 0.3) is 12.2 Å². The molecule has 2 rings (SSSR count). The molecule has 0 amide bonds. The number of nitrogens with one attached hydrogen (secondary N) is 1. The summed E-state index contributed by atoms with van der Waals surface area (Å²) in [6.07, 6.45) is 5.82. The van der Waals surface area contributed by atoms with E-state index >= 15 is 0 Å². The number of methoxy groups -OCH3 is 1. The van der Waals surface area contributed by atoms with Crippen molar-refractivity contribution in [3.8, 4) is 5.75 Å². The second kappa shape index (κ2) is 6.43. The number of aromatic nitrogens is 2. The molecule has 1 heterocycles. The number of hydrogen-bond donors (Lipinski definition) is 1. The Morgan fingerprint density at radius 2 is 2.15 bits per heavy atom. The molecule has 1 aromatic carbocycles. The Morgan fingerprint density at radius 1 is 1.35 bits per heavy atom. The van der Waals surface area contributed by atoms with E-state index in [9.17, 15) is 4.79 Å². The number of nitrogens with zero attached hydrogens (tertiary/aromatic N) is 1. The Kier molecular flexibility index (Phi) is 4.63. The fraction of sp³-hybridized carbons (Fsp3) is 0.200. The lowest BCUT2D eigenvalue weighted by atomic mass is 10.1. The fourth-order valence-corrected chi connectivity index (χ4v) is 2.49. The Labute approximate surface area is 121 Å². The van der Waals surface area contributed by atoms with Crippen molar-refractivity contribution in [3.63, 3.8) is 0 Å². The number of ether oxygens (including phenoxy) is 1. The largest absolute Gasteiger partial charge is 0.495 e. The first-order valence-corrected chi connectivity index (χ1v) is 7.33. The fourth-order valence-electron chi connectivity index (χ4n) is 1.89. The molecular weight excluding hydrogens is 272 g/mol. The zero-order chi connectivity index (χ0) is 14.5. The molecule has 0 aliphatic heterocycles. The van der Waals surface area contributed by atoms with Gasteiger partial charge in [0.2, 0.25) is 0 Å². The molecule has 0 unspecified atom stereocenters. The van der Waals surface area contributed by atoms with Crippen molar-refractivity contribution < 1.29 is 4.74 Å². The predicted molar refractivity (Wildman–Crippen MR) is 83.3 cm³/mol. The molecule has 0 aliphatic rings. The van der Waals surface area contributed by atoms with Crippen LogP contribution in [0.2, 0.25) is 0 Å². The van der Waals surface area contributed by atoms with E-state index in [-0.39, 0.29) is 5.56 Å². The van der Waals surface area contributed by atoms with Gasteiger partial charge in [0.15, 0.2) is 0 Å². The van der Waals surface area contributed by atoms with Gasteiger partial charge in [-0.05, 0) is 37.0 Å². The van der Waals surface area contributed by atoms with Gasteiger partial charge in [0, 0.05) is 16.5 Å². The Hall–Kier alpha value is -2.01. The molecule has 0 atom stereocenters. The van der Waals surface area contributed by atoms with Crippen molar-refractivity contribution in [3.05, 3.63) is 51.4 Å². The minimum absolute atomic E-state index is 0.193. The van der Waals surface area contributed by atoms with Gasteiger partial charge in [0.25, 0.3) is 5.56 Å². The molecule has 0 spiro atoms. The predicted octanol–water partition coefficient (Wildman–Crippen LogP) is 2.98. The average molecular weight is 288 g/mol. The minimum atomic E-state index is -0.193. The molecule has 0 bridgehead atoms. The Bertz CT molecular complexity index is 693. The molecule has 0 saturated heterocycles. The monoisotopic (exact) mass is 288 g/mol. The SMILES string of the molecule is COc1c(C=Cc2n[nH]c(=O)cc2C)cccc1SC. The standard InChI is InChI=1S/C15H16N2O2S/c1-10-9-14(18)17-16-12(10)8-7-11-5-4-6-13(20-3)15(11)19-2/h4-9H,1-3H3,(H,17,18). The highest BCUT2D eigenvalue weighted by atomic mass is 32.2. The summed E-state index contributed by atoms with van der Waals surface area (Å²) in [6, 6.07) is 7.52. The van der Waals surface area contributed by atoms with E-state index in [0.717, 1.165) is 27.5 Å². The van der Waals surface area contributed by atoms with Crippen LogP contribution >= 0.6 is 11.8 Å². The van der Waals surface area contributed by atoms with Gasteiger partial charge >= 0.3 is 0 Å². The zero-order valence-corrected chi connectivity index (χ0v) is 12.5. The van der Waals surface area contributed by atoms with E-state index in [4.69, 9.17) is 4.74 Å². The van der Waals surface area contributed by atoms with Crippen LogP contribution in [0.1, 0.15) is 16.8 Å². The number of hydrogen-bond acceptors (Lipinski definition) is 4. The molecule has 4 nitrogen and oxygen atoms in total. The third-order valence-electron chi connectivity index (χ3n) is 2.89. The summed E-state index contributed by atoms with van der Waals surface area (Å²) in [5.74, 6) is 0.846. The molecule has 0 radical (unpaired) electrons. The van der Waals surface area contributed by atoms with Crippen molar-refractivity contribution in [1.82, 2.24) is 10.2 Å². The highest BCUT2D eigenvalue weighted by molar-refractivity contribution is 7.98. The summed E-state index contributed by atoms with van der Waals surface area (Å²) < 4.78 is 5.45. The Morgan fingerprint density at radius 3 is 2.80 bits per heavy atom. The molecule has 0 saturated carbocycles. The summed E-state index contributed by atoms with van der Waals surface area (Å²) in [4.78, 5) is 12.2. The van der Waals surface area contributed by atoms with Crippen LogP contribution in [0, 0.1) is 6.92 Å². The van der Waals surface area contributed by atoms with Crippen LogP contribution in [0.4, 0.5) is 0 Å².